The van der Waals surface area contributed by atoms with Gasteiger partial charge in [-0.25, -0.2) is 0 Å². The van der Waals surface area contributed by atoms with Crippen LogP contribution in [0.15, 0.2) is 42.5 Å². The van der Waals surface area contributed by atoms with Crippen molar-refractivity contribution >= 4 is 28.3 Å². The van der Waals surface area contributed by atoms with E-state index in [1.54, 1.807) is 5.32 Å². The van der Waals surface area contributed by atoms with Gasteiger partial charge in [-0.05, 0) is 35.7 Å². The van der Waals surface area contributed by atoms with E-state index in [1.807, 2.05) is 42.5 Å². The van der Waals surface area contributed by atoms with Gasteiger partial charge in [-0.3, -0.25) is 4.79 Å². The first-order chi connectivity index (χ1) is 12.1. The van der Waals surface area contributed by atoms with Gasteiger partial charge in [0.1, 0.15) is 6.04 Å². The zero-order valence-electron chi connectivity index (χ0n) is 14.7. The van der Waals surface area contributed by atoms with E-state index in [1.165, 1.54) is 0 Å². The summed E-state index contributed by atoms with van der Waals surface area (Å²) in [5.41, 5.74) is 0.670. The lowest BCUT2D eigenvalue weighted by atomic mass is 10.1. The van der Waals surface area contributed by atoms with Gasteiger partial charge in [-0.2, -0.15) is 0 Å². The zero-order valence-corrected chi connectivity index (χ0v) is 14.7. The van der Waals surface area contributed by atoms with Crippen LogP contribution in [-0.2, 0) is 9.59 Å². The predicted octanol–water partition coefficient (Wildman–Crippen LogP) is 1.43. The minimum absolute atomic E-state index is 0.0943. The first kappa shape index (κ1) is 18.9. The summed E-state index contributed by atoms with van der Waals surface area (Å²) in [7, 11) is 0. The molecule has 0 unspecified atom stereocenters. The Morgan fingerprint density at radius 3 is 2.56 bits per heavy atom. The van der Waals surface area contributed by atoms with Gasteiger partial charge in [0.25, 0.3) is 0 Å². The molecule has 0 radical (unpaired) electrons. The number of carboxylic acids is 1. The Hall–Kier alpha value is -2.40. The fraction of sp³-hybridized carbons (Fsp3) is 0.400. The Balaban J connectivity index is 1.87. The standard InChI is InChI=1S/C20H26N2O3/c1-2-3-4-7-12-21-18(20(24)25)14-19(23)22-17-11-10-15-8-5-6-9-16(15)13-17/h5-6,8-11,13,18,21H,2-4,7,12,14H2,1H3,(H,22,23)(H,24,25)/t18-/m1/s1. The number of benzene rings is 2. The molecular formula is C20H26N2O3. The third kappa shape index (κ3) is 6.19. The fourth-order valence-corrected chi connectivity index (χ4v) is 2.83. The number of amides is 1. The number of hydrogen-bond donors (Lipinski definition) is 2. The Bertz CT molecular complexity index is 715. The highest BCUT2D eigenvalue weighted by atomic mass is 16.4. The van der Waals surface area contributed by atoms with Crippen molar-refractivity contribution in [2.24, 2.45) is 0 Å². The number of carboxylic acid groups (broad SMARTS) is 1. The van der Waals surface area contributed by atoms with Gasteiger partial charge in [-0.1, -0.05) is 50.1 Å². The number of fused-ring (bicyclic) bond motifs is 1. The van der Waals surface area contributed by atoms with Gasteiger partial charge in [0.2, 0.25) is 5.91 Å². The highest BCUT2D eigenvalue weighted by Crippen LogP contribution is 2.18. The summed E-state index contributed by atoms with van der Waals surface area (Å²) >= 11 is 0. The number of carbonyl (C=O) groups is 2. The summed E-state index contributed by atoms with van der Waals surface area (Å²) in [6.45, 7) is 2.83. The monoisotopic (exact) mass is 342 g/mol. The third-order valence-corrected chi connectivity index (χ3v) is 4.25. The van der Waals surface area contributed by atoms with Crippen LogP contribution in [0.5, 0.6) is 0 Å². The van der Waals surface area contributed by atoms with E-state index in [4.69, 9.17) is 0 Å². The number of unbranched alkanes of at least 4 members (excludes halogenated alkanes) is 3. The van der Waals surface area contributed by atoms with Gasteiger partial charge in [-0.15, -0.1) is 0 Å². The molecule has 5 nitrogen and oxygen atoms in total. The molecule has 0 fully saturated rings. The molecule has 2 aromatic carbocycles. The van der Waals surface area contributed by atoms with E-state index in [0.717, 1.165) is 36.5 Å². The summed E-state index contributed by atoms with van der Waals surface area (Å²) in [5.74, 6) is -1.50. The highest BCUT2D eigenvalue weighted by molar-refractivity contribution is 5.96. The van der Waals surface area contributed by atoms with Crippen LogP contribution >= 0.6 is 0 Å². The average Bonchev–Trinajstić information content (AvgIpc) is 2.60. The second-order valence-corrected chi connectivity index (χ2v) is 6.32. The summed E-state index contributed by atoms with van der Waals surface area (Å²) in [6, 6.07) is 12.7. The van der Waals surface area contributed by atoms with Crippen molar-refractivity contribution < 1.29 is 20.0 Å². The third-order valence-electron chi connectivity index (χ3n) is 4.25. The number of rotatable bonds is 10. The molecule has 0 spiro atoms. The number of quaternary nitrogens is 1. The fourth-order valence-electron chi connectivity index (χ4n) is 2.83. The van der Waals surface area contributed by atoms with Crippen LogP contribution in [0.2, 0.25) is 0 Å². The molecule has 0 saturated heterocycles. The zero-order chi connectivity index (χ0) is 18.1. The molecule has 0 bridgehead atoms. The van der Waals surface area contributed by atoms with Crippen molar-refractivity contribution in [2.75, 3.05) is 11.9 Å². The summed E-state index contributed by atoms with van der Waals surface area (Å²) < 4.78 is 0. The van der Waals surface area contributed by atoms with Crippen LogP contribution in [0.4, 0.5) is 5.69 Å². The lowest BCUT2D eigenvalue weighted by Crippen LogP contribution is -2.93. The van der Waals surface area contributed by atoms with Crippen LogP contribution in [0.25, 0.3) is 10.8 Å². The van der Waals surface area contributed by atoms with Crippen LogP contribution in [0.3, 0.4) is 0 Å². The Labute approximate surface area is 148 Å². The van der Waals surface area contributed by atoms with Crippen molar-refractivity contribution in [3.05, 3.63) is 42.5 Å². The van der Waals surface area contributed by atoms with Gasteiger partial charge in [0.05, 0.1) is 18.9 Å². The minimum atomic E-state index is -1.19. The molecule has 0 aliphatic rings. The Kier molecular flexibility index (Phi) is 7.41. The largest absolute Gasteiger partial charge is 0.544 e. The van der Waals surface area contributed by atoms with Gasteiger partial charge in [0, 0.05) is 5.69 Å². The lowest BCUT2D eigenvalue weighted by molar-refractivity contribution is -0.682. The number of carbonyl (C=O) groups excluding carboxylic acids is 2. The maximum atomic E-state index is 12.2. The molecule has 25 heavy (non-hydrogen) atoms. The summed E-state index contributed by atoms with van der Waals surface area (Å²) in [6.07, 6.45) is 4.22. The van der Waals surface area contributed by atoms with Crippen molar-refractivity contribution in [3.8, 4) is 0 Å². The Morgan fingerprint density at radius 2 is 1.84 bits per heavy atom. The molecule has 1 atom stereocenters. The van der Waals surface area contributed by atoms with Crippen LogP contribution < -0.4 is 15.7 Å². The SMILES string of the molecule is CCCCCC[NH2+][C@H](CC(=O)Nc1ccc2ccccc2c1)C(=O)[O-]. The van der Waals surface area contributed by atoms with Gasteiger partial charge < -0.3 is 20.5 Å². The molecule has 1 amide bonds. The summed E-state index contributed by atoms with van der Waals surface area (Å²) in [5, 5.41) is 17.9. The van der Waals surface area contributed by atoms with E-state index in [-0.39, 0.29) is 12.3 Å². The molecule has 0 heterocycles. The van der Waals surface area contributed by atoms with E-state index in [0.29, 0.717) is 12.2 Å². The molecular weight excluding hydrogens is 316 g/mol. The molecule has 134 valence electrons. The average molecular weight is 342 g/mol. The molecule has 2 rings (SSSR count). The molecule has 0 aliphatic carbocycles. The van der Waals surface area contributed by atoms with E-state index >= 15 is 0 Å². The van der Waals surface area contributed by atoms with Gasteiger partial charge in [0.15, 0.2) is 0 Å². The second-order valence-electron chi connectivity index (χ2n) is 6.32. The van der Waals surface area contributed by atoms with Crippen LogP contribution in [0, 0.1) is 0 Å². The first-order valence-corrected chi connectivity index (χ1v) is 8.93. The Morgan fingerprint density at radius 1 is 1.08 bits per heavy atom. The topological polar surface area (TPSA) is 85.8 Å². The normalized spacial score (nSPS) is 12.0. The predicted molar refractivity (Wildman–Crippen MR) is 96.9 cm³/mol. The van der Waals surface area contributed by atoms with E-state index < -0.39 is 12.0 Å². The molecule has 0 aromatic heterocycles. The van der Waals surface area contributed by atoms with E-state index in [2.05, 4.69) is 12.2 Å². The van der Waals surface area contributed by atoms with Crippen molar-refractivity contribution in [2.45, 2.75) is 45.1 Å². The first-order valence-electron chi connectivity index (χ1n) is 8.93. The molecule has 2 aromatic rings. The van der Waals surface area contributed by atoms with Crippen molar-refractivity contribution in [1.29, 1.82) is 0 Å². The minimum Gasteiger partial charge on any atom is -0.544 e. The number of nitrogens with two attached hydrogens (primary N) is 1. The van der Waals surface area contributed by atoms with E-state index in [9.17, 15) is 14.7 Å². The number of anilines is 1. The van der Waals surface area contributed by atoms with Crippen LogP contribution in [-0.4, -0.2) is 24.5 Å². The highest BCUT2D eigenvalue weighted by Gasteiger charge is 2.18. The van der Waals surface area contributed by atoms with Crippen molar-refractivity contribution in [1.82, 2.24) is 0 Å². The smallest absolute Gasteiger partial charge is 0.230 e. The number of nitrogens with one attached hydrogen (secondary N) is 1. The molecule has 0 aliphatic heterocycles. The summed E-state index contributed by atoms with van der Waals surface area (Å²) in [4.78, 5) is 23.4. The quantitative estimate of drug-likeness (QED) is 0.641. The maximum Gasteiger partial charge on any atom is 0.230 e. The second kappa shape index (κ2) is 9.79. The molecule has 0 saturated carbocycles. The van der Waals surface area contributed by atoms with Crippen LogP contribution in [0.1, 0.15) is 39.0 Å². The van der Waals surface area contributed by atoms with Gasteiger partial charge >= 0.3 is 0 Å². The van der Waals surface area contributed by atoms with Crippen molar-refractivity contribution in [3.63, 3.8) is 0 Å². The molecule has 5 heteroatoms. The number of hydrogen-bond acceptors (Lipinski definition) is 3. The maximum absolute atomic E-state index is 12.2. The molecule has 3 N–H and O–H groups in total. The number of aliphatic carboxylic acids is 1. The lowest BCUT2D eigenvalue weighted by Gasteiger charge is -2.16.